The second-order valence-corrected chi connectivity index (χ2v) is 5.90. The molecule has 1 heterocycles. The number of hydrogen-bond donors (Lipinski definition) is 2. The van der Waals surface area contributed by atoms with E-state index >= 15 is 0 Å². The summed E-state index contributed by atoms with van der Waals surface area (Å²) in [5, 5.41) is 8.37. The van der Waals surface area contributed by atoms with Crippen molar-refractivity contribution in [2.24, 2.45) is 0 Å². The Morgan fingerprint density at radius 1 is 1.22 bits per heavy atom. The number of fused-ring (bicyclic) bond motifs is 1. The number of nitrogens with zero attached hydrogens (tertiary/aromatic N) is 3. The van der Waals surface area contributed by atoms with Crippen LogP contribution in [-0.4, -0.2) is 30.5 Å². The smallest absolute Gasteiger partial charge is 0.201 e. The van der Waals surface area contributed by atoms with Crippen LogP contribution in [0.25, 0.3) is 16.7 Å². The molecular formula is C15H16N4O3S. The average Bonchev–Trinajstić information content (AvgIpc) is 2.95. The largest absolute Gasteiger partial charge is 0.497 e. The maximum atomic E-state index is 10.6. The Bertz CT molecular complexity index is 926. The third-order valence-electron chi connectivity index (χ3n) is 3.55. The molecule has 0 saturated carbocycles. The first kappa shape index (κ1) is 15.4. The molecule has 0 amide bonds. The summed E-state index contributed by atoms with van der Waals surface area (Å²) in [4.78, 5) is 0. The van der Waals surface area contributed by atoms with Crippen molar-refractivity contribution in [1.82, 2.24) is 19.7 Å². The van der Waals surface area contributed by atoms with Crippen LogP contribution in [0.3, 0.4) is 0 Å². The molecule has 0 spiro atoms. The molecule has 3 aromatic rings. The molecule has 3 rings (SSSR count). The number of aromatic nitrogens is 3. The van der Waals surface area contributed by atoms with E-state index in [2.05, 4.69) is 15.0 Å². The van der Waals surface area contributed by atoms with Gasteiger partial charge in [0.15, 0.2) is 0 Å². The Hall–Kier alpha value is -2.45. The third-order valence-corrected chi connectivity index (χ3v) is 3.97. The highest BCUT2D eigenvalue weighted by atomic mass is 32.2. The highest BCUT2D eigenvalue weighted by Crippen LogP contribution is 2.23. The summed E-state index contributed by atoms with van der Waals surface area (Å²) >= 11 is 0. The highest BCUT2D eigenvalue weighted by molar-refractivity contribution is 7.70. The molecule has 0 radical (unpaired) electrons. The van der Waals surface area contributed by atoms with E-state index in [-0.39, 0.29) is 6.54 Å². The lowest BCUT2D eigenvalue weighted by Crippen LogP contribution is -2.10. The van der Waals surface area contributed by atoms with E-state index in [4.69, 9.17) is 4.74 Å². The van der Waals surface area contributed by atoms with Gasteiger partial charge in [-0.2, -0.15) is 0 Å². The summed E-state index contributed by atoms with van der Waals surface area (Å²) in [5.41, 5.74) is 4.39. The number of rotatable bonds is 5. The summed E-state index contributed by atoms with van der Waals surface area (Å²) in [6.45, 7) is 2.22. The molecule has 1 aromatic heterocycles. The van der Waals surface area contributed by atoms with E-state index in [1.807, 2.05) is 43.3 Å². The zero-order valence-electron chi connectivity index (χ0n) is 12.7. The van der Waals surface area contributed by atoms with Gasteiger partial charge >= 0.3 is 0 Å². The molecule has 8 heteroatoms. The predicted molar refractivity (Wildman–Crippen MR) is 87.3 cm³/mol. The van der Waals surface area contributed by atoms with Crippen LogP contribution in [0.15, 0.2) is 36.4 Å². The predicted octanol–water partition coefficient (Wildman–Crippen LogP) is 1.35. The van der Waals surface area contributed by atoms with Gasteiger partial charge in [-0.15, -0.1) is 5.10 Å². The van der Waals surface area contributed by atoms with Gasteiger partial charge in [0.2, 0.25) is 10.9 Å². The van der Waals surface area contributed by atoms with Crippen LogP contribution in [0.2, 0.25) is 0 Å². The van der Waals surface area contributed by atoms with Crippen molar-refractivity contribution in [1.29, 1.82) is 0 Å². The lowest BCUT2D eigenvalue weighted by atomic mass is 10.1. The van der Waals surface area contributed by atoms with Gasteiger partial charge in [0, 0.05) is 12.6 Å². The molecule has 7 nitrogen and oxygen atoms in total. The summed E-state index contributed by atoms with van der Waals surface area (Å²) in [5.74, 6) is 0.731. The van der Waals surface area contributed by atoms with E-state index < -0.39 is 10.9 Å². The fraction of sp³-hybridized carbons (Fsp3) is 0.200. The van der Waals surface area contributed by atoms with Crippen LogP contribution >= 0.6 is 0 Å². The fourth-order valence-electron chi connectivity index (χ4n) is 2.43. The van der Waals surface area contributed by atoms with Gasteiger partial charge in [-0.25, -0.2) is 17.8 Å². The fourth-order valence-corrected chi connectivity index (χ4v) is 2.74. The molecule has 23 heavy (non-hydrogen) atoms. The summed E-state index contributed by atoms with van der Waals surface area (Å²) < 4.78 is 30.5. The molecule has 0 fully saturated rings. The van der Waals surface area contributed by atoms with Crippen LogP contribution < -0.4 is 9.46 Å². The van der Waals surface area contributed by atoms with Gasteiger partial charge in [0.25, 0.3) is 0 Å². The van der Waals surface area contributed by atoms with Crippen LogP contribution in [0.1, 0.15) is 11.1 Å². The van der Waals surface area contributed by atoms with Gasteiger partial charge in [-0.05, 0) is 36.2 Å². The molecule has 0 aliphatic heterocycles. The Kier molecular flexibility index (Phi) is 4.26. The van der Waals surface area contributed by atoms with E-state index in [1.165, 1.54) is 0 Å². The first-order valence-electron chi connectivity index (χ1n) is 6.96. The van der Waals surface area contributed by atoms with Crippen molar-refractivity contribution < 1.29 is 13.2 Å². The molecule has 0 unspecified atom stereocenters. The third kappa shape index (κ3) is 3.17. The highest BCUT2D eigenvalue weighted by Gasteiger charge is 2.10. The van der Waals surface area contributed by atoms with E-state index in [0.29, 0.717) is 0 Å². The van der Waals surface area contributed by atoms with Crippen molar-refractivity contribution >= 4 is 21.9 Å². The minimum Gasteiger partial charge on any atom is -0.497 e. The van der Waals surface area contributed by atoms with E-state index in [0.717, 1.165) is 33.6 Å². The Balaban J connectivity index is 1.98. The number of methoxy groups -OCH3 is 1. The lowest BCUT2D eigenvalue weighted by Gasteiger charge is -2.09. The minimum absolute atomic E-state index is 0.273. The summed E-state index contributed by atoms with van der Waals surface area (Å²) in [7, 11) is -0.986. The van der Waals surface area contributed by atoms with Gasteiger partial charge < -0.3 is 4.74 Å². The molecule has 0 aliphatic rings. The second kappa shape index (κ2) is 6.35. The van der Waals surface area contributed by atoms with Gasteiger partial charge in [-0.3, -0.25) is 0 Å². The molecule has 1 N–H and O–H groups in total. The minimum atomic E-state index is -2.60. The first-order valence-corrected chi connectivity index (χ1v) is 8.13. The topological polar surface area (TPSA) is 86.1 Å². The monoisotopic (exact) mass is 332 g/mol. The Labute approximate surface area is 135 Å². The summed E-state index contributed by atoms with van der Waals surface area (Å²) in [6.07, 6.45) is 0. The SMILES string of the molecule is COc1ccc2c(c1)nnn2-c1ccc(CN[SH](=O)=O)cc1C. The van der Waals surface area contributed by atoms with E-state index in [1.54, 1.807) is 11.8 Å². The van der Waals surface area contributed by atoms with Crippen molar-refractivity contribution in [3.05, 3.63) is 47.5 Å². The maximum absolute atomic E-state index is 10.6. The zero-order chi connectivity index (χ0) is 16.4. The number of thiol groups is 1. The zero-order valence-corrected chi connectivity index (χ0v) is 13.6. The average molecular weight is 332 g/mol. The van der Waals surface area contributed by atoms with Crippen molar-refractivity contribution in [2.45, 2.75) is 13.5 Å². The number of nitrogens with one attached hydrogen (secondary N) is 1. The van der Waals surface area contributed by atoms with Crippen LogP contribution in [0.5, 0.6) is 5.75 Å². The molecule has 0 bridgehead atoms. The van der Waals surface area contributed by atoms with Gasteiger partial charge in [0.05, 0.1) is 18.3 Å². The number of ether oxygens (including phenoxy) is 1. The number of benzene rings is 2. The quantitative estimate of drug-likeness (QED) is 0.689. The number of hydrogen-bond acceptors (Lipinski definition) is 5. The van der Waals surface area contributed by atoms with Crippen molar-refractivity contribution in [2.75, 3.05) is 7.11 Å². The molecular weight excluding hydrogens is 316 g/mol. The summed E-state index contributed by atoms with van der Waals surface area (Å²) in [6, 6.07) is 11.3. The van der Waals surface area contributed by atoms with Gasteiger partial charge in [0.1, 0.15) is 11.3 Å². The molecule has 0 aliphatic carbocycles. The lowest BCUT2D eigenvalue weighted by molar-refractivity contribution is 0.415. The van der Waals surface area contributed by atoms with Gasteiger partial charge in [-0.1, -0.05) is 17.3 Å². The molecule has 0 atom stereocenters. The van der Waals surface area contributed by atoms with Crippen LogP contribution in [0, 0.1) is 6.92 Å². The first-order chi connectivity index (χ1) is 11.1. The second-order valence-electron chi connectivity index (χ2n) is 5.07. The number of aryl methyl sites for hydroxylation is 1. The Morgan fingerprint density at radius 3 is 2.74 bits per heavy atom. The van der Waals surface area contributed by atoms with Crippen LogP contribution in [0.4, 0.5) is 0 Å². The van der Waals surface area contributed by atoms with Crippen LogP contribution in [-0.2, 0) is 17.4 Å². The molecule has 0 saturated heterocycles. The standard InChI is InChI=1S/C15H16N4O3S/c1-10-7-11(9-16-23(20)21)3-5-14(10)19-15-6-4-12(22-2)8-13(15)17-18-19/h3-8,23H,9H2,1-2H3,(H,16,20,21). The molecule has 2 aromatic carbocycles. The van der Waals surface area contributed by atoms with Crippen molar-refractivity contribution in [3.8, 4) is 11.4 Å². The van der Waals surface area contributed by atoms with Crippen molar-refractivity contribution in [3.63, 3.8) is 0 Å². The molecule has 120 valence electrons. The maximum Gasteiger partial charge on any atom is 0.201 e. The normalized spacial score (nSPS) is 11.3. The Morgan fingerprint density at radius 2 is 2.04 bits per heavy atom. The van der Waals surface area contributed by atoms with E-state index in [9.17, 15) is 8.42 Å².